The molecule has 278 valence electrons. The second-order valence-corrected chi connectivity index (χ2v) is 16.5. The van der Waals surface area contributed by atoms with Gasteiger partial charge in [-0.25, -0.2) is 9.59 Å². The van der Waals surface area contributed by atoms with E-state index in [1.165, 1.54) is 0 Å². The molecule has 3 heterocycles. The first-order chi connectivity index (χ1) is 21.7. The van der Waals surface area contributed by atoms with Gasteiger partial charge in [0.15, 0.2) is 0 Å². The molecule has 14 heteroatoms. The molecule has 5 rings (SSSR count). The Balaban J connectivity index is 0.000000380. The van der Waals surface area contributed by atoms with Crippen LogP contribution < -0.4 is 5.46 Å². The molecule has 50 heavy (non-hydrogen) atoms. The van der Waals surface area contributed by atoms with E-state index in [4.69, 9.17) is 38.1 Å². The number of hydrogen-bond acceptors (Lipinski definition) is 8. The molecule has 2 aromatic rings. The molecule has 10 nitrogen and oxygen atoms in total. The van der Waals surface area contributed by atoms with E-state index in [9.17, 15) is 9.59 Å². The molecule has 3 saturated heterocycles. The fraction of sp³-hybridized carbons (Fsp3) is 0.611. The van der Waals surface area contributed by atoms with Gasteiger partial charge in [-0.15, -0.1) is 0 Å². The van der Waals surface area contributed by atoms with Crippen molar-refractivity contribution in [1.29, 1.82) is 0 Å². The molecule has 0 aliphatic carbocycles. The van der Waals surface area contributed by atoms with Gasteiger partial charge < -0.3 is 38.1 Å². The fourth-order valence-corrected chi connectivity index (χ4v) is 5.45. The van der Waals surface area contributed by atoms with E-state index in [0.29, 0.717) is 11.1 Å². The third-order valence-electron chi connectivity index (χ3n) is 10.4. The molecule has 3 aliphatic heterocycles. The summed E-state index contributed by atoms with van der Waals surface area (Å²) in [6.45, 7) is 27.7. The molecule has 0 spiro atoms. The number of halogens is 1. The Morgan fingerprint density at radius 3 is 1.16 bits per heavy atom. The Morgan fingerprint density at radius 2 is 0.840 bits per heavy atom. The Hall–Kier alpha value is -1.94. The molecule has 0 radical (unpaired) electrons. The minimum absolute atomic E-state index is 0. The average Bonchev–Trinajstić information content (AvgIpc) is 3.39. The van der Waals surface area contributed by atoms with Crippen LogP contribution in [0.15, 0.2) is 36.4 Å². The number of hydrogen-bond donors (Lipinski definition) is 2. The molecule has 0 bridgehead atoms. The van der Waals surface area contributed by atoms with Crippen LogP contribution in [0.1, 0.15) is 130 Å². The molecule has 0 unspecified atom stereocenters. The first-order valence-corrected chi connectivity index (χ1v) is 17.1. The van der Waals surface area contributed by atoms with Gasteiger partial charge in [-0.05, 0) is 154 Å². The van der Waals surface area contributed by atoms with Crippen LogP contribution in [-0.2, 0) is 27.9 Å². The van der Waals surface area contributed by atoms with Gasteiger partial charge in [0.1, 0.15) is 0 Å². The molecular weight excluding hydrogens is 752 g/mol. The highest BCUT2D eigenvalue weighted by molar-refractivity contribution is 14.1. The Morgan fingerprint density at radius 1 is 0.540 bits per heavy atom. The summed E-state index contributed by atoms with van der Waals surface area (Å²) in [5.74, 6) is -1.79. The van der Waals surface area contributed by atoms with E-state index in [1.54, 1.807) is 31.2 Å². The monoisotopic (exact) mass is 810 g/mol. The lowest BCUT2D eigenvalue weighted by Gasteiger charge is -2.32. The fourth-order valence-electron chi connectivity index (χ4n) is 4.95. The van der Waals surface area contributed by atoms with E-state index in [1.807, 2.05) is 102 Å². The van der Waals surface area contributed by atoms with E-state index >= 15 is 0 Å². The quantitative estimate of drug-likeness (QED) is 0.233. The maximum absolute atomic E-state index is 11.2. The van der Waals surface area contributed by atoms with Crippen molar-refractivity contribution in [2.75, 3.05) is 0 Å². The summed E-state index contributed by atoms with van der Waals surface area (Å²) in [7, 11) is -1.48. The Labute approximate surface area is 315 Å². The van der Waals surface area contributed by atoms with Crippen LogP contribution in [0.25, 0.3) is 0 Å². The van der Waals surface area contributed by atoms with Crippen LogP contribution in [-0.4, -0.2) is 76.9 Å². The molecule has 2 N–H and O–H groups in total. The van der Waals surface area contributed by atoms with E-state index in [-0.39, 0.29) is 42.8 Å². The first kappa shape index (κ1) is 46.1. The summed E-state index contributed by atoms with van der Waals surface area (Å²) < 4.78 is 36.7. The molecule has 0 amide bonds. The van der Waals surface area contributed by atoms with Crippen molar-refractivity contribution in [2.24, 2.45) is 0 Å². The van der Waals surface area contributed by atoms with Crippen LogP contribution in [0, 0.1) is 17.4 Å². The highest BCUT2D eigenvalue weighted by atomic mass is 127. The topological polar surface area (TPSA) is 130 Å². The summed E-state index contributed by atoms with van der Waals surface area (Å²) >= 11 is 2.12. The second-order valence-electron chi connectivity index (χ2n) is 15.4. The van der Waals surface area contributed by atoms with Crippen molar-refractivity contribution in [2.45, 2.75) is 145 Å². The number of carbonyl (C=O) groups is 2. The highest BCUT2D eigenvalue weighted by Crippen LogP contribution is 2.43. The Kier molecular flexibility index (Phi) is 14.7. The third-order valence-corrected chi connectivity index (χ3v) is 11.5. The predicted molar refractivity (Wildman–Crippen MR) is 210 cm³/mol. The molecule has 0 atom stereocenters. The van der Waals surface area contributed by atoms with E-state index in [0.717, 1.165) is 14.6 Å². The first-order valence-electron chi connectivity index (χ1n) is 16.0. The predicted octanol–water partition coefficient (Wildman–Crippen LogP) is 7.81. The van der Waals surface area contributed by atoms with Gasteiger partial charge in [-0.1, -0.05) is 33.1 Å². The summed E-state index contributed by atoms with van der Waals surface area (Å²) in [5, 5.41) is 17.8. The van der Waals surface area contributed by atoms with Crippen molar-refractivity contribution >= 4 is 61.1 Å². The number of aromatic carboxylic acids is 2. The van der Waals surface area contributed by atoms with Crippen LogP contribution in [0.5, 0.6) is 0 Å². The van der Waals surface area contributed by atoms with E-state index in [2.05, 4.69) is 22.6 Å². The van der Waals surface area contributed by atoms with Gasteiger partial charge in [0.25, 0.3) is 0 Å². The lowest BCUT2D eigenvalue weighted by atomic mass is 9.49. The van der Waals surface area contributed by atoms with Crippen molar-refractivity contribution in [3.05, 3.63) is 62.2 Å². The van der Waals surface area contributed by atoms with Crippen LogP contribution >= 0.6 is 22.6 Å². The van der Waals surface area contributed by atoms with Crippen molar-refractivity contribution < 1.29 is 47.7 Å². The van der Waals surface area contributed by atoms with Crippen molar-refractivity contribution in [3.63, 3.8) is 0 Å². The third kappa shape index (κ3) is 9.53. The van der Waals surface area contributed by atoms with Crippen LogP contribution in [0.3, 0.4) is 0 Å². The summed E-state index contributed by atoms with van der Waals surface area (Å²) in [4.78, 5) is 21.7. The summed E-state index contributed by atoms with van der Waals surface area (Å²) in [6, 6.07) is 10.4. The van der Waals surface area contributed by atoms with Gasteiger partial charge in [0.05, 0.1) is 44.7 Å². The summed E-state index contributed by atoms with van der Waals surface area (Å²) in [5.41, 5.74) is 0.675. The Bertz CT molecular complexity index is 1440. The molecule has 3 fully saturated rings. The van der Waals surface area contributed by atoms with Crippen LogP contribution in [0.4, 0.5) is 0 Å². The van der Waals surface area contributed by atoms with Gasteiger partial charge in [-0.3, -0.25) is 0 Å². The molecule has 3 aliphatic rings. The zero-order valence-electron chi connectivity index (χ0n) is 30.7. The van der Waals surface area contributed by atoms with E-state index < -0.39 is 44.3 Å². The standard InChI is InChI=1S/C14H19BO4.C12H24B2O4.C8H7IO2.2CH4/c1-9-10(12(16)17)7-6-8-11(9)15-18-13(2,3)14(4,5)19-15;1-9(2)10(3,4)16-13(15-9)14-17-11(5,6)12(7,8)18-14;1-5-6(8(10)11)3-2-4-7(5)9;;/h6-8H,1-5H3,(H,16,17);1-8H3;2-4H,1H3,(H,10,11);2*1H4. The zero-order valence-corrected chi connectivity index (χ0v) is 32.9. The number of rotatable bonds is 4. The lowest BCUT2D eigenvalue weighted by Crippen LogP contribution is -2.41. The maximum atomic E-state index is 11.2. The normalized spacial score (nSPS) is 21.5. The largest absolute Gasteiger partial charge is 0.495 e. The van der Waals surface area contributed by atoms with Gasteiger partial charge in [0, 0.05) is 3.57 Å². The molecule has 0 saturated carbocycles. The minimum atomic E-state index is -0.934. The lowest BCUT2D eigenvalue weighted by molar-refractivity contribution is 0.00578. The SMILES string of the molecule is C.C.CC1(C)OB(B2OC(C)(C)C(C)(C)O2)OC1(C)C.Cc1c(B2OC(C)(C)C(C)(C)O2)cccc1C(=O)O.Cc1c(I)cccc1C(=O)O. The molecule has 0 aromatic heterocycles. The maximum Gasteiger partial charge on any atom is 0.495 e. The smallest absolute Gasteiger partial charge is 0.478 e. The summed E-state index contributed by atoms with van der Waals surface area (Å²) in [6.07, 6.45) is 0. The van der Waals surface area contributed by atoms with Gasteiger partial charge >= 0.3 is 33.1 Å². The highest BCUT2D eigenvalue weighted by Gasteiger charge is 2.63. The van der Waals surface area contributed by atoms with Crippen LogP contribution in [0.2, 0.25) is 0 Å². The second kappa shape index (κ2) is 16.0. The molecular formula is C36H58B3IO10. The number of carboxylic acids is 2. The average molecular weight is 810 g/mol. The van der Waals surface area contributed by atoms with Gasteiger partial charge in [0.2, 0.25) is 0 Å². The molecule has 2 aromatic carbocycles. The number of benzene rings is 2. The zero-order chi connectivity index (χ0) is 36.8. The number of carboxylic acid groups (broad SMARTS) is 2. The van der Waals surface area contributed by atoms with Crippen molar-refractivity contribution in [3.8, 4) is 0 Å². The van der Waals surface area contributed by atoms with Gasteiger partial charge in [-0.2, -0.15) is 0 Å². The minimum Gasteiger partial charge on any atom is -0.478 e. The van der Waals surface area contributed by atoms with Crippen molar-refractivity contribution in [1.82, 2.24) is 0 Å².